The molecule has 1 fully saturated rings. The number of thioether (sulfide) groups is 1. The molecule has 1 heterocycles. The van der Waals surface area contributed by atoms with Gasteiger partial charge in [-0.15, -0.1) is 0 Å². The van der Waals surface area contributed by atoms with Gasteiger partial charge in [0, 0.05) is 11.1 Å². The van der Waals surface area contributed by atoms with Gasteiger partial charge in [-0.3, -0.25) is 14.5 Å². The van der Waals surface area contributed by atoms with Crippen LogP contribution in [0.4, 0.5) is 5.69 Å². The minimum atomic E-state index is -0.347. The van der Waals surface area contributed by atoms with Crippen LogP contribution in [0.1, 0.15) is 19.4 Å². The van der Waals surface area contributed by atoms with Crippen molar-refractivity contribution in [3.63, 3.8) is 0 Å². The maximum Gasteiger partial charge on any atom is 0.266 e. The zero-order valence-corrected chi connectivity index (χ0v) is 19.3. The van der Waals surface area contributed by atoms with Crippen LogP contribution in [0.25, 0.3) is 6.08 Å². The Kier molecular flexibility index (Phi) is 7.41. The van der Waals surface area contributed by atoms with Crippen molar-refractivity contribution in [3.8, 4) is 5.75 Å². The highest BCUT2D eigenvalue weighted by molar-refractivity contribution is 8.26. The van der Waals surface area contributed by atoms with Crippen LogP contribution >= 0.6 is 47.2 Å². The van der Waals surface area contributed by atoms with E-state index in [4.69, 9.17) is 40.2 Å². The summed E-state index contributed by atoms with van der Waals surface area (Å²) >= 11 is 18.5. The zero-order valence-electron chi connectivity index (χ0n) is 16.1. The normalized spacial score (nSPS) is 15.2. The molecule has 0 aromatic heterocycles. The van der Waals surface area contributed by atoms with Gasteiger partial charge in [0.05, 0.1) is 15.6 Å². The van der Waals surface area contributed by atoms with E-state index in [2.05, 4.69) is 5.32 Å². The summed E-state index contributed by atoms with van der Waals surface area (Å²) in [5, 5.41) is 3.51. The molecule has 5 nitrogen and oxygen atoms in total. The molecule has 2 amide bonds. The summed E-state index contributed by atoms with van der Waals surface area (Å²) < 4.78 is 6.08. The predicted molar refractivity (Wildman–Crippen MR) is 127 cm³/mol. The molecule has 0 unspecified atom stereocenters. The minimum absolute atomic E-state index is 0.0214. The van der Waals surface area contributed by atoms with Crippen molar-refractivity contribution in [2.45, 2.75) is 19.9 Å². The summed E-state index contributed by atoms with van der Waals surface area (Å²) in [7, 11) is 0. The molecule has 2 aromatic carbocycles. The lowest BCUT2D eigenvalue weighted by Gasteiger charge is -2.18. The third-order valence-electron chi connectivity index (χ3n) is 4.09. The van der Waals surface area contributed by atoms with Gasteiger partial charge in [0.25, 0.3) is 11.8 Å². The number of carbonyl (C=O) groups is 2. The van der Waals surface area contributed by atoms with Gasteiger partial charge in [-0.05, 0) is 55.8 Å². The molecule has 0 bridgehead atoms. The number of hydrogen-bond donors (Lipinski definition) is 1. The van der Waals surface area contributed by atoms with Crippen LogP contribution in [-0.2, 0) is 9.59 Å². The van der Waals surface area contributed by atoms with E-state index in [9.17, 15) is 9.59 Å². The molecule has 0 saturated carbocycles. The lowest BCUT2D eigenvalue weighted by molar-refractivity contribution is -0.123. The molecule has 156 valence electrons. The first-order valence-electron chi connectivity index (χ1n) is 8.99. The summed E-state index contributed by atoms with van der Waals surface area (Å²) in [6, 6.07) is 11.9. The average molecular weight is 481 g/mol. The molecular formula is C21H18Cl2N2O3S2. The van der Waals surface area contributed by atoms with Gasteiger partial charge < -0.3 is 10.1 Å². The van der Waals surface area contributed by atoms with Crippen molar-refractivity contribution in [2.75, 3.05) is 11.9 Å². The summed E-state index contributed by atoms with van der Waals surface area (Å²) in [5.74, 6) is 0.0951. The molecule has 0 spiro atoms. The maximum atomic E-state index is 12.5. The van der Waals surface area contributed by atoms with Crippen LogP contribution in [0.5, 0.6) is 5.75 Å². The summed E-state index contributed by atoms with van der Waals surface area (Å²) in [6.07, 6.45) is 1.79. The van der Waals surface area contributed by atoms with Crippen molar-refractivity contribution in [2.24, 2.45) is 0 Å². The third kappa shape index (κ3) is 5.55. The number of carbonyl (C=O) groups excluding carboxylic acids is 2. The fourth-order valence-corrected chi connectivity index (χ4v) is 4.64. The standard InChI is InChI=1S/C21H18Cl2N2O3S2/c1-12(2)25-20(27)18(30-21(25)29)9-13-3-6-15(7-4-13)28-11-19(26)24-17-8-5-14(22)10-16(17)23/h3-10,12H,11H2,1-2H3,(H,24,26)/b18-9-. The van der Waals surface area contributed by atoms with Crippen LogP contribution in [0.3, 0.4) is 0 Å². The number of hydrogen-bond acceptors (Lipinski definition) is 5. The van der Waals surface area contributed by atoms with Crippen molar-refractivity contribution in [1.82, 2.24) is 4.90 Å². The largest absolute Gasteiger partial charge is 0.484 e. The average Bonchev–Trinajstić information content (AvgIpc) is 2.96. The first kappa shape index (κ1) is 22.6. The summed E-state index contributed by atoms with van der Waals surface area (Å²) in [6.45, 7) is 3.68. The Morgan fingerprint density at radius 2 is 1.93 bits per heavy atom. The van der Waals surface area contributed by atoms with E-state index >= 15 is 0 Å². The van der Waals surface area contributed by atoms with Crippen LogP contribution in [0.15, 0.2) is 47.4 Å². The van der Waals surface area contributed by atoms with Gasteiger partial charge in [0.2, 0.25) is 0 Å². The van der Waals surface area contributed by atoms with Gasteiger partial charge in [0.1, 0.15) is 10.1 Å². The number of anilines is 1. The van der Waals surface area contributed by atoms with E-state index in [0.717, 1.165) is 5.56 Å². The lowest BCUT2D eigenvalue weighted by atomic mass is 10.2. The first-order valence-corrected chi connectivity index (χ1v) is 11.0. The van der Waals surface area contributed by atoms with Crippen LogP contribution < -0.4 is 10.1 Å². The van der Waals surface area contributed by atoms with E-state index in [1.165, 1.54) is 11.8 Å². The molecule has 2 aromatic rings. The van der Waals surface area contributed by atoms with Gasteiger partial charge in [-0.25, -0.2) is 0 Å². The molecule has 1 aliphatic heterocycles. The van der Waals surface area contributed by atoms with E-state index in [1.807, 2.05) is 26.0 Å². The van der Waals surface area contributed by atoms with Gasteiger partial charge >= 0.3 is 0 Å². The molecule has 0 atom stereocenters. The highest BCUT2D eigenvalue weighted by Crippen LogP contribution is 2.34. The monoisotopic (exact) mass is 480 g/mol. The van der Waals surface area contributed by atoms with E-state index in [0.29, 0.717) is 30.7 Å². The summed E-state index contributed by atoms with van der Waals surface area (Å²) in [5.41, 5.74) is 1.30. The molecule has 30 heavy (non-hydrogen) atoms. The Morgan fingerprint density at radius 1 is 1.23 bits per heavy atom. The smallest absolute Gasteiger partial charge is 0.266 e. The number of nitrogens with one attached hydrogen (secondary N) is 1. The van der Waals surface area contributed by atoms with Crippen LogP contribution in [0.2, 0.25) is 10.0 Å². The van der Waals surface area contributed by atoms with E-state index in [-0.39, 0.29) is 24.5 Å². The number of halogens is 2. The number of benzene rings is 2. The Hall–Kier alpha value is -2.06. The van der Waals surface area contributed by atoms with Gasteiger partial charge in [-0.2, -0.15) is 0 Å². The van der Waals surface area contributed by atoms with Crippen molar-refractivity contribution >= 4 is 75.1 Å². The molecular weight excluding hydrogens is 463 g/mol. The second kappa shape index (κ2) is 9.83. The molecule has 1 saturated heterocycles. The third-order valence-corrected chi connectivity index (χ3v) is 5.97. The lowest BCUT2D eigenvalue weighted by Crippen LogP contribution is -2.34. The molecule has 0 radical (unpaired) electrons. The number of thiocarbonyl (C=S) groups is 1. The maximum absolute atomic E-state index is 12.5. The number of rotatable bonds is 6. The number of nitrogens with zero attached hydrogens (tertiary/aromatic N) is 1. The highest BCUT2D eigenvalue weighted by atomic mass is 35.5. The number of amides is 2. The zero-order chi connectivity index (χ0) is 21.8. The topological polar surface area (TPSA) is 58.6 Å². The Labute approximate surface area is 194 Å². The molecule has 3 rings (SSSR count). The first-order chi connectivity index (χ1) is 14.2. The minimum Gasteiger partial charge on any atom is -0.484 e. The Bertz CT molecular complexity index is 1020. The van der Waals surface area contributed by atoms with Crippen molar-refractivity contribution in [3.05, 3.63) is 63.0 Å². The molecule has 0 aliphatic carbocycles. The highest BCUT2D eigenvalue weighted by Gasteiger charge is 2.33. The van der Waals surface area contributed by atoms with E-state index < -0.39 is 0 Å². The van der Waals surface area contributed by atoms with Crippen LogP contribution in [-0.4, -0.2) is 33.7 Å². The summed E-state index contributed by atoms with van der Waals surface area (Å²) in [4.78, 5) is 26.7. The molecule has 1 N–H and O–H groups in total. The Balaban J connectivity index is 1.58. The fourth-order valence-electron chi connectivity index (χ4n) is 2.66. The van der Waals surface area contributed by atoms with Gasteiger partial charge in [-0.1, -0.05) is 59.3 Å². The second-order valence-corrected chi connectivity index (χ2v) is 9.19. The fraction of sp³-hybridized carbons (Fsp3) is 0.190. The molecule has 1 aliphatic rings. The SMILES string of the molecule is CC(C)N1C(=O)/C(=C/c2ccc(OCC(=O)Nc3ccc(Cl)cc3Cl)cc2)SC1=S. The number of ether oxygens (including phenoxy) is 1. The quantitative estimate of drug-likeness (QED) is 0.429. The van der Waals surface area contributed by atoms with Gasteiger partial charge in [0.15, 0.2) is 6.61 Å². The van der Waals surface area contributed by atoms with E-state index in [1.54, 1.807) is 41.3 Å². The van der Waals surface area contributed by atoms with Crippen molar-refractivity contribution < 1.29 is 14.3 Å². The molecule has 9 heteroatoms. The van der Waals surface area contributed by atoms with Crippen LogP contribution in [0, 0.1) is 0 Å². The second-order valence-electron chi connectivity index (χ2n) is 6.68. The Morgan fingerprint density at radius 3 is 2.53 bits per heavy atom. The predicted octanol–water partition coefficient (Wildman–Crippen LogP) is 5.62. The van der Waals surface area contributed by atoms with Crippen molar-refractivity contribution in [1.29, 1.82) is 0 Å².